The number of rotatable bonds is 6. The quantitative estimate of drug-likeness (QED) is 0.567. The molecule has 9 heteroatoms. The Labute approximate surface area is 197 Å². The van der Waals surface area contributed by atoms with Crippen LogP contribution in [0.15, 0.2) is 54.6 Å². The molecule has 0 bridgehead atoms. The van der Waals surface area contributed by atoms with Crippen molar-refractivity contribution in [2.24, 2.45) is 5.92 Å². The van der Waals surface area contributed by atoms with Gasteiger partial charge in [-0.05, 0) is 55.5 Å². The first kappa shape index (κ1) is 22.5. The summed E-state index contributed by atoms with van der Waals surface area (Å²) in [5.41, 5.74) is 2.24. The minimum Gasteiger partial charge on any atom is -0.363 e. The largest absolute Gasteiger partial charge is 0.363 e. The van der Waals surface area contributed by atoms with Gasteiger partial charge in [-0.25, -0.2) is 9.97 Å². The summed E-state index contributed by atoms with van der Waals surface area (Å²) in [5.74, 6) is 1.50. The fraction of sp³-hybridized carbons (Fsp3) is 0.250. The predicted octanol–water partition coefficient (Wildman–Crippen LogP) is 4.24. The molecule has 1 aliphatic heterocycles. The van der Waals surface area contributed by atoms with Gasteiger partial charge in [-0.1, -0.05) is 11.6 Å². The van der Waals surface area contributed by atoms with Crippen LogP contribution in [0, 0.1) is 12.8 Å². The molecule has 0 radical (unpaired) electrons. The molecule has 2 N–H and O–H groups in total. The van der Waals surface area contributed by atoms with Crippen molar-refractivity contribution in [1.29, 1.82) is 0 Å². The van der Waals surface area contributed by atoms with Gasteiger partial charge in [-0.15, -0.1) is 0 Å². The van der Waals surface area contributed by atoms with E-state index >= 15 is 0 Å². The van der Waals surface area contributed by atoms with E-state index in [2.05, 4.69) is 20.6 Å². The molecule has 3 aromatic rings. The van der Waals surface area contributed by atoms with Crippen molar-refractivity contribution in [1.82, 2.24) is 9.97 Å². The third kappa shape index (κ3) is 5.40. The fourth-order valence-electron chi connectivity index (χ4n) is 3.63. The lowest BCUT2D eigenvalue weighted by molar-refractivity contribution is -0.122. The highest BCUT2D eigenvalue weighted by molar-refractivity contribution is 6.30. The molecule has 2 heterocycles. The summed E-state index contributed by atoms with van der Waals surface area (Å²) in [6, 6.07) is 16.3. The first-order valence-corrected chi connectivity index (χ1v) is 10.9. The number of benzene rings is 2. The van der Waals surface area contributed by atoms with E-state index < -0.39 is 5.92 Å². The smallest absolute Gasteiger partial charge is 0.229 e. The van der Waals surface area contributed by atoms with Crippen molar-refractivity contribution in [2.75, 3.05) is 41.1 Å². The Hall–Kier alpha value is -3.65. The number of hydrogen-bond acceptors (Lipinski definition) is 6. The molecular weight excluding hydrogens is 440 g/mol. The summed E-state index contributed by atoms with van der Waals surface area (Å²) < 4.78 is 0. The van der Waals surface area contributed by atoms with Gasteiger partial charge in [0.2, 0.25) is 11.8 Å². The number of aromatic nitrogens is 2. The molecule has 8 nitrogen and oxygen atoms in total. The Balaban J connectivity index is 1.38. The molecule has 33 heavy (non-hydrogen) atoms. The van der Waals surface area contributed by atoms with Crippen molar-refractivity contribution < 1.29 is 9.59 Å². The molecule has 1 aliphatic rings. The minimum absolute atomic E-state index is 0.0748. The van der Waals surface area contributed by atoms with E-state index in [1.807, 2.05) is 56.3 Å². The van der Waals surface area contributed by atoms with Crippen molar-refractivity contribution in [2.45, 2.75) is 13.3 Å². The van der Waals surface area contributed by atoms with Gasteiger partial charge in [0.1, 0.15) is 17.5 Å². The predicted molar refractivity (Wildman–Crippen MR) is 131 cm³/mol. The average molecular weight is 465 g/mol. The Kier molecular flexibility index (Phi) is 6.46. The highest BCUT2D eigenvalue weighted by Crippen LogP contribution is 2.27. The zero-order valence-electron chi connectivity index (χ0n) is 18.7. The minimum atomic E-state index is -0.417. The molecule has 0 spiro atoms. The molecule has 1 saturated heterocycles. The van der Waals surface area contributed by atoms with Gasteiger partial charge in [0.25, 0.3) is 0 Å². The second kappa shape index (κ2) is 9.46. The zero-order chi connectivity index (χ0) is 23.5. The summed E-state index contributed by atoms with van der Waals surface area (Å²) in [4.78, 5) is 37.5. The van der Waals surface area contributed by atoms with Gasteiger partial charge < -0.3 is 20.4 Å². The standard InChI is InChI=1S/C24H25ClN6O2/c1-15-26-21(13-22(27-15)30(2)3)28-18-6-8-19(9-7-18)29-24(33)16-12-23(32)31(14-16)20-10-4-17(25)5-11-20/h4-11,13,16H,12,14H2,1-3H3,(H,29,33)(H,26,27,28). The average Bonchev–Trinajstić information content (AvgIpc) is 3.17. The van der Waals surface area contributed by atoms with E-state index in [-0.39, 0.29) is 18.2 Å². The van der Waals surface area contributed by atoms with Crippen LogP contribution in [0.3, 0.4) is 0 Å². The third-order valence-electron chi connectivity index (χ3n) is 5.34. The van der Waals surface area contributed by atoms with Crippen LogP contribution in [0.4, 0.5) is 28.7 Å². The van der Waals surface area contributed by atoms with E-state index in [1.165, 1.54) is 0 Å². The maximum atomic E-state index is 12.8. The van der Waals surface area contributed by atoms with E-state index in [9.17, 15) is 9.59 Å². The summed E-state index contributed by atoms with van der Waals surface area (Å²) in [6.07, 6.45) is 0.176. The maximum Gasteiger partial charge on any atom is 0.229 e. The fourth-order valence-corrected chi connectivity index (χ4v) is 3.75. The summed E-state index contributed by atoms with van der Waals surface area (Å²) in [7, 11) is 3.85. The van der Waals surface area contributed by atoms with Gasteiger partial charge in [-0.3, -0.25) is 9.59 Å². The molecule has 1 fully saturated rings. The third-order valence-corrected chi connectivity index (χ3v) is 5.59. The highest BCUT2D eigenvalue weighted by Gasteiger charge is 2.35. The van der Waals surface area contributed by atoms with E-state index in [0.29, 0.717) is 28.9 Å². The van der Waals surface area contributed by atoms with Crippen molar-refractivity contribution in [3.05, 3.63) is 65.4 Å². The van der Waals surface area contributed by atoms with E-state index in [4.69, 9.17) is 11.6 Å². The van der Waals surface area contributed by atoms with Gasteiger partial charge in [0, 0.05) is 55.2 Å². The summed E-state index contributed by atoms with van der Waals surface area (Å²) >= 11 is 5.93. The SMILES string of the molecule is Cc1nc(Nc2ccc(NC(=O)C3CC(=O)N(c4ccc(Cl)cc4)C3)cc2)cc(N(C)C)n1. The van der Waals surface area contributed by atoms with Gasteiger partial charge in [0.05, 0.1) is 5.92 Å². The number of carbonyl (C=O) groups is 2. The number of nitrogens with one attached hydrogen (secondary N) is 2. The van der Waals surface area contributed by atoms with Crippen LogP contribution in [0.1, 0.15) is 12.2 Å². The first-order chi connectivity index (χ1) is 15.8. The second-order valence-corrected chi connectivity index (χ2v) is 8.56. The Bertz CT molecular complexity index is 1160. The lowest BCUT2D eigenvalue weighted by Gasteiger charge is -2.17. The van der Waals surface area contributed by atoms with Gasteiger partial charge in [0.15, 0.2) is 0 Å². The molecule has 4 rings (SSSR count). The first-order valence-electron chi connectivity index (χ1n) is 10.6. The van der Waals surface area contributed by atoms with Crippen molar-refractivity contribution >= 4 is 52.1 Å². The molecule has 2 amide bonds. The van der Waals surface area contributed by atoms with E-state index in [1.54, 1.807) is 29.2 Å². The van der Waals surface area contributed by atoms with Gasteiger partial charge in [-0.2, -0.15) is 0 Å². The Morgan fingerprint density at radius 3 is 2.39 bits per heavy atom. The maximum absolute atomic E-state index is 12.8. The van der Waals surface area contributed by atoms with Crippen LogP contribution in [0.25, 0.3) is 0 Å². The van der Waals surface area contributed by atoms with Gasteiger partial charge >= 0.3 is 0 Å². The van der Waals surface area contributed by atoms with Crippen molar-refractivity contribution in [3.63, 3.8) is 0 Å². The van der Waals surface area contributed by atoms with Crippen LogP contribution in [0.2, 0.25) is 5.02 Å². The molecule has 170 valence electrons. The number of carbonyl (C=O) groups excluding carboxylic acids is 2. The molecular formula is C24H25ClN6O2. The number of halogens is 1. The van der Waals surface area contributed by atoms with Crippen LogP contribution in [-0.2, 0) is 9.59 Å². The van der Waals surface area contributed by atoms with Crippen LogP contribution in [0.5, 0.6) is 0 Å². The van der Waals surface area contributed by atoms with Crippen LogP contribution >= 0.6 is 11.6 Å². The van der Waals surface area contributed by atoms with E-state index in [0.717, 1.165) is 17.2 Å². The Morgan fingerprint density at radius 1 is 1.06 bits per heavy atom. The zero-order valence-corrected chi connectivity index (χ0v) is 19.4. The Morgan fingerprint density at radius 2 is 1.73 bits per heavy atom. The molecule has 2 aromatic carbocycles. The number of nitrogens with zero attached hydrogens (tertiary/aromatic N) is 4. The number of aryl methyl sites for hydroxylation is 1. The van der Waals surface area contributed by atoms with Crippen LogP contribution < -0.4 is 20.4 Å². The topological polar surface area (TPSA) is 90.5 Å². The normalized spacial score (nSPS) is 15.5. The second-order valence-electron chi connectivity index (χ2n) is 8.13. The highest BCUT2D eigenvalue weighted by atomic mass is 35.5. The summed E-state index contributed by atoms with van der Waals surface area (Å²) in [6.45, 7) is 2.19. The lowest BCUT2D eigenvalue weighted by atomic mass is 10.1. The van der Waals surface area contributed by atoms with Crippen LogP contribution in [-0.4, -0.2) is 42.4 Å². The molecule has 1 atom stereocenters. The molecule has 1 aromatic heterocycles. The number of anilines is 5. The van der Waals surface area contributed by atoms with Crippen molar-refractivity contribution in [3.8, 4) is 0 Å². The monoisotopic (exact) mass is 464 g/mol. The number of amides is 2. The molecule has 1 unspecified atom stereocenters. The number of hydrogen-bond donors (Lipinski definition) is 2. The lowest BCUT2D eigenvalue weighted by Crippen LogP contribution is -2.28. The molecule has 0 aliphatic carbocycles. The molecule has 0 saturated carbocycles. The summed E-state index contributed by atoms with van der Waals surface area (Å²) in [5, 5.41) is 6.77.